The highest BCUT2D eigenvalue weighted by Gasteiger charge is 2.10. The summed E-state index contributed by atoms with van der Waals surface area (Å²) in [4.78, 5) is 23.7. The largest absolute Gasteiger partial charge is 0.496 e. The van der Waals surface area contributed by atoms with Crippen LogP contribution in [0.2, 0.25) is 0 Å². The van der Waals surface area contributed by atoms with Gasteiger partial charge in [-0.05, 0) is 30.3 Å². The van der Waals surface area contributed by atoms with Gasteiger partial charge >= 0.3 is 0 Å². The Morgan fingerprint density at radius 1 is 1.04 bits per heavy atom. The predicted octanol–water partition coefficient (Wildman–Crippen LogP) is 3.10. The smallest absolute Gasteiger partial charge is 0.233 e. The molecule has 2 aromatic carbocycles. The van der Waals surface area contributed by atoms with Gasteiger partial charge in [-0.2, -0.15) is 0 Å². The maximum Gasteiger partial charge on any atom is 0.233 e. The van der Waals surface area contributed by atoms with Crippen molar-refractivity contribution in [3.63, 3.8) is 0 Å². The lowest BCUT2D eigenvalue weighted by Gasteiger charge is -2.10. The van der Waals surface area contributed by atoms with Gasteiger partial charge in [-0.3, -0.25) is 9.59 Å². The van der Waals surface area contributed by atoms with Crippen molar-refractivity contribution in [3.05, 3.63) is 58.6 Å². The Hall–Kier alpha value is -2.34. The highest BCUT2D eigenvalue weighted by atomic mass is 79.9. The molecule has 0 fully saturated rings. The summed E-state index contributed by atoms with van der Waals surface area (Å²) in [5.41, 5.74) is 1.51. The number of rotatable bonds is 6. The Bertz CT molecular complexity index is 686. The summed E-state index contributed by atoms with van der Waals surface area (Å²) in [6, 6.07) is 14.6. The summed E-state index contributed by atoms with van der Waals surface area (Å²) in [7, 11) is 1.58. The van der Waals surface area contributed by atoms with Gasteiger partial charge in [0, 0.05) is 22.3 Å². The van der Waals surface area contributed by atoms with Gasteiger partial charge in [0.1, 0.15) is 12.2 Å². The third-order valence-corrected chi connectivity index (χ3v) is 3.65. The van der Waals surface area contributed by atoms with E-state index in [1.807, 2.05) is 36.4 Å². The molecule has 0 unspecified atom stereocenters. The van der Waals surface area contributed by atoms with Gasteiger partial charge in [0.2, 0.25) is 11.8 Å². The van der Waals surface area contributed by atoms with Gasteiger partial charge in [-0.25, -0.2) is 0 Å². The predicted molar refractivity (Wildman–Crippen MR) is 92.2 cm³/mol. The fourth-order valence-corrected chi connectivity index (χ4v) is 2.25. The number of amides is 2. The number of nitrogens with one attached hydrogen (secondary N) is 2. The second-order valence-electron chi connectivity index (χ2n) is 4.82. The number of methoxy groups -OCH3 is 1. The van der Waals surface area contributed by atoms with E-state index >= 15 is 0 Å². The molecule has 0 aliphatic heterocycles. The van der Waals surface area contributed by atoms with Crippen LogP contribution in [-0.2, 0) is 16.1 Å². The molecule has 0 aliphatic rings. The second-order valence-corrected chi connectivity index (χ2v) is 5.74. The quantitative estimate of drug-likeness (QED) is 0.761. The minimum atomic E-state index is -0.357. The number of hydrogen-bond donors (Lipinski definition) is 2. The molecule has 2 amide bonds. The van der Waals surface area contributed by atoms with Gasteiger partial charge in [0.05, 0.1) is 7.11 Å². The molecule has 23 heavy (non-hydrogen) atoms. The molecule has 0 atom stereocenters. The Balaban J connectivity index is 1.82. The Morgan fingerprint density at radius 2 is 1.74 bits per heavy atom. The number of benzene rings is 2. The third-order valence-electron chi connectivity index (χ3n) is 3.12. The summed E-state index contributed by atoms with van der Waals surface area (Å²) in [5, 5.41) is 5.39. The number of para-hydroxylation sites is 1. The fourth-order valence-electron chi connectivity index (χ4n) is 1.99. The highest BCUT2D eigenvalue weighted by molar-refractivity contribution is 9.10. The Labute approximate surface area is 143 Å². The van der Waals surface area contributed by atoms with Gasteiger partial charge < -0.3 is 15.4 Å². The standard InChI is InChI=1S/C17H17BrN2O3/c1-23-15-5-3-2-4-12(15)11-19-16(21)10-17(22)20-14-8-6-13(18)7-9-14/h2-9H,10-11H2,1H3,(H,19,21)(H,20,22). The molecule has 6 heteroatoms. The SMILES string of the molecule is COc1ccccc1CNC(=O)CC(=O)Nc1ccc(Br)cc1. The van der Waals surface area contributed by atoms with Gasteiger partial charge in [0.15, 0.2) is 0 Å². The molecule has 120 valence electrons. The van der Waals surface area contributed by atoms with Crippen molar-refractivity contribution in [1.29, 1.82) is 0 Å². The lowest BCUT2D eigenvalue weighted by atomic mass is 10.2. The zero-order chi connectivity index (χ0) is 16.7. The average Bonchev–Trinajstić information content (AvgIpc) is 2.55. The van der Waals surface area contributed by atoms with Crippen LogP contribution < -0.4 is 15.4 Å². The second kappa shape index (κ2) is 8.33. The van der Waals surface area contributed by atoms with Gasteiger partial charge in [0.25, 0.3) is 0 Å². The van der Waals surface area contributed by atoms with Crippen molar-refractivity contribution in [3.8, 4) is 5.75 Å². The number of carbonyl (C=O) groups is 2. The van der Waals surface area contributed by atoms with Gasteiger partial charge in [-0.1, -0.05) is 34.1 Å². The van der Waals surface area contributed by atoms with E-state index in [0.717, 1.165) is 10.0 Å². The van der Waals surface area contributed by atoms with Crippen molar-refractivity contribution < 1.29 is 14.3 Å². The minimum Gasteiger partial charge on any atom is -0.496 e. The molecule has 0 aliphatic carbocycles. The van der Waals surface area contributed by atoms with Crippen LogP contribution >= 0.6 is 15.9 Å². The molecule has 2 rings (SSSR count). The zero-order valence-electron chi connectivity index (χ0n) is 12.6. The maximum absolute atomic E-state index is 11.9. The van der Waals surface area contributed by atoms with Crippen LogP contribution in [0, 0.1) is 0 Å². The molecule has 2 N–H and O–H groups in total. The normalized spacial score (nSPS) is 10.0. The molecule has 0 aromatic heterocycles. The van der Waals surface area contributed by atoms with E-state index in [1.165, 1.54) is 0 Å². The van der Waals surface area contributed by atoms with Crippen LogP contribution in [0.15, 0.2) is 53.0 Å². The molecule has 0 spiro atoms. The molecular formula is C17H17BrN2O3. The minimum absolute atomic E-state index is 0.231. The van der Waals surface area contributed by atoms with Gasteiger partial charge in [-0.15, -0.1) is 0 Å². The van der Waals surface area contributed by atoms with Crippen LogP contribution in [0.1, 0.15) is 12.0 Å². The molecule has 0 bridgehead atoms. The number of ether oxygens (including phenoxy) is 1. The van der Waals surface area contributed by atoms with Crippen molar-refractivity contribution in [2.45, 2.75) is 13.0 Å². The van der Waals surface area contributed by atoms with E-state index in [2.05, 4.69) is 26.6 Å². The highest BCUT2D eigenvalue weighted by Crippen LogP contribution is 2.17. The average molecular weight is 377 g/mol. The Kier molecular flexibility index (Phi) is 6.17. The Morgan fingerprint density at radius 3 is 2.43 bits per heavy atom. The summed E-state index contributed by atoms with van der Waals surface area (Å²) in [6.45, 7) is 0.314. The van der Waals surface area contributed by atoms with Crippen LogP contribution in [0.5, 0.6) is 5.75 Å². The lowest BCUT2D eigenvalue weighted by Crippen LogP contribution is -2.27. The first-order valence-electron chi connectivity index (χ1n) is 7.02. The van der Waals surface area contributed by atoms with E-state index in [1.54, 1.807) is 19.2 Å². The first-order valence-corrected chi connectivity index (χ1v) is 7.82. The first kappa shape index (κ1) is 17.0. The van der Waals surface area contributed by atoms with E-state index in [0.29, 0.717) is 18.0 Å². The molecule has 5 nitrogen and oxygen atoms in total. The van der Waals surface area contributed by atoms with Crippen molar-refractivity contribution in [1.82, 2.24) is 5.32 Å². The van der Waals surface area contributed by atoms with E-state index < -0.39 is 0 Å². The van der Waals surface area contributed by atoms with Crippen LogP contribution in [0.25, 0.3) is 0 Å². The molecular weight excluding hydrogens is 360 g/mol. The summed E-state index contributed by atoms with van der Waals surface area (Å²) in [6.07, 6.45) is -0.231. The fraction of sp³-hybridized carbons (Fsp3) is 0.176. The zero-order valence-corrected chi connectivity index (χ0v) is 14.2. The monoisotopic (exact) mass is 376 g/mol. The number of hydrogen-bond acceptors (Lipinski definition) is 3. The summed E-state index contributed by atoms with van der Waals surface area (Å²) >= 11 is 3.32. The molecule has 0 radical (unpaired) electrons. The number of halogens is 1. The molecule has 0 saturated heterocycles. The van der Waals surface area contributed by atoms with Crippen molar-refractivity contribution in [2.75, 3.05) is 12.4 Å². The van der Waals surface area contributed by atoms with E-state index in [4.69, 9.17) is 4.74 Å². The van der Waals surface area contributed by atoms with Crippen LogP contribution in [0.4, 0.5) is 5.69 Å². The molecule has 0 saturated carbocycles. The van der Waals surface area contributed by atoms with Crippen LogP contribution in [0.3, 0.4) is 0 Å². The molecule has 2 aromatic rings. The van der Waals surface area contributed by atoms with Crippen molar-refractivity contribution in [2.24, 2.45) is 0 Å². The first-order chi connectivity index (χ1) is 11.1. The molecule has 0 heterocycles. The number of anilines is 1. The topological polar surface area (TPSA) is 67.4 Å². The summed E-state index contributed by atoms with van der Waals surface area (Å²) in [5.74, 6) is 0.00230. The van der Waals surface area contributed by atoms with Crippen molar-refractivity contribution >= 4 is 33.4 Å². The summed E-state index contributed by atoms with van der Waals surface area (Å²) < 4.78 is 6.13. The maximum atomic E-state index is 11.9. The van der Waals surface area contributed by atoms with E-state index in [-0.39, 0.29) is 18.2 Å². The lowest BCUT2D eigenvalue weighted by molar-refractivity contribution is -0.126. The number of carbonyl (C=O) groups excluding carboxylic acids is 2. The third kappa shape index (κ3) is 5.41. The van der Waals surface area contributed by atoms with E-state index in [9.17, 15) is 9.59 Å². The van der Waals surface area contributed by atoms with Crippen LogP contribution in [-0.4, -0.2) is 18.9 Å².